The van der Waals surface area contributed by atoms with Crippen LogP contribution < -0.4 is 5.32 Å². The molecule has 6 heteroatoms. The van der Waals surface area contributed by atoms with Crippen molar-refractivity contribution in [1.29, 1.82) is 0 Å². The van der Waals surface area contributed by atoms with Crippen molar-refractivity contribution in [2.75, 3.05) is 13.2 Å². The van der Waals surface area contributed by atoms with E-state index in [0.29, 0.717) is 6.54 Å². The van der Waals surface area contributed by atoms with E-state index in [9.17, 15) is 19.1 Å². The van der Waals surface area contributed by atoms with Gasteiger partial charge in [0.25, 0.3) is 0 Å². The van der Waals surface area contributed by atoms with Gasteiger partial charge >= 0.3 is 0 Å². The largest absolute Gasteiger partial charge is 0.394 e. The van der Waals surface area contributed by atoms with Crippen LogP contribution in [0.2, 0.25) is 0 Å². The molecule has 1 saturated heterocycles. The first kappa shape index (κ1) is 19.6. The molecule has 1 heterocycles. The smallest absolute Gasteiger partial charge is 0.223 e. The molecule has 29 heavy (non-hydrogen) atoms. The highest BCUT2D eigenvalue weighted by Gasteiger charge is 2.50. The van der Waals surface area contributed by atoms with Crippen LogP contribution in [0.1, 0.15) is 31.2 Å². The average Bonchev–Trinajstić information content (AvgIpc) is 3.53. The van der Waals surface area contributed by atoms with Gasteiger partial charge in [0.2, 0.25) is 11.8 Å². The maximum Gasteiger partial charge on any atom is 0.223 e. The fourth-order valence-corrected chi connectivity index (χ4v) is 4.35. The maximum atomic E-state index is 13.5. The number of aliphatic hydroxyl groups excluding tert-OH is 1. The van der Waals surface area contributed by atoms with Gasteiger partial charge in [-0.05, 0) is 41.7 Å². The molecule has 1 aliphatic heterocycles. The zero-order chi connectivity index (χ0) is 20.5. The Balaban J connectivity index is 1.54. The number of amides is 2. The molecule has 0 bridgehead atoms. The van der Waals surface area contributed by atoms with Crippen LogP contribution in [0.25, 0.3) is 11.1 Å². The van der Waals surface area contributed by atoms with Crippen molar-refractivity contribution in [2.24, 2.45) is 5.92 Å². The van der Waals surface area contributed by atoms with Crippen molar-refractivity contribution in [1.82, 2.24) is 10.2 Å². The summed E-state index contributed by atoms with van der Waals surface area (Å²) < 4.78 is 13.5. The minimum atomic E-state index is -0.310. The number of halogens is 1. The van der Waals surface area contributed by atoms with E-state index in [2.05, 4.69) is 5.32 Å². The van der Waals surface area contributed by atoms with E-state index in [1.165, 1.54) is 19.1 Å². The molecule has 1 saturated carbocycles. The second-order valence-electron chi connectivity index (χ2n) is 7.92. The predicted molar refractivity (Wildman–Crippen MR) is 107 cm³/mol. The summed E-state index contributed by atoms with van der Waals surface area (Å²) in [5.41, 5.74) is 2.69. The normalized spacial score (nSPS) is 23.4. The molecule has 1 aliphatic carbocycles. The van der Waals surface area contributed by atoms with Crippen molar-refractivity contribution in [3.63, 3.8) is 0 Å². The summed E-state index contributed by atoms with van der Waals surface area (Å²) in [6, 6.07) is 13.7. The number of carbonyl (C=O) groups excluding carboxylic acids is 2. The van der Waals surface area contributed by atoms with Crippen LogP contribution in [0.3, 0.4) is 0 Å². The molecule has 2 aromatic carbocycles. The Morgan fingerprint density at radius 1 is 1.10 bits per heavy atom. The first-order valence-electron chi connectivity index (χ1n) is 10.0. The predicted octanol–water partition coefficient (Wildman–Crippen LogP) is 2.69. The molecule has 3 atom stereocenters. The highest BCUT2D eigenvalue weighted by molar-refractivity contribution is 5.81. The molecule has 2 aromatic rings. The highest BCUT2D eigenvalue weighted by Crippen LogP contribution is 2.41. The molecular weight excluding hydrogens is 371 g/mol. The summed E-state index contributed by atoms with van der Waals surface area (Å²) in [4.78, 5) is 25.8. The van der Waals surface area contributed by atoms with Crippen LogP contribution in [0.5, 0.6) is 0 Å². The molecule has 0 unspecified atom stereocenters. The lowest BCUT2D eigenvalue weighted by Gasteiger charge is -2.54. The maximum absolute atomic E-state index is 13.5. The van der Waals surface area contributed by atoms with Gasteiger partial charge in [-0.25, -0.2) is 4.39 Å². The number of hydrogen-bond acceptors (Lipinski definition) is 3. The Kier molecular flexibility index (Phi) is 5.37. The number of benzene rings is 2. The first-order chi connectivity index (χ1) is 14.0. The molecule has 2 amide bonds. The Labute approximate surface area is 169 Å². The summed E-state index contributed by atoms with van der Waals surface area (Å²) in [5.74, 6) is -0.304. The van der Waals surface area contributed by atoms with Gasteiger partial charge in [-0.3, -0.25) is 9.59 Å². The van der Waals surface area contributed by atoms with E-state index in [0.717, 1.165) is 29.5 Å². The third-order valence-corrected chi connectivity index (χ3v) is 5.98. The molecule has 2 fully saturated rings. The summed E-state index contributed by atoms with van der Waals surface area (Å²) >= 11 is 0. The summed E-state index contributed by atoms with van der Waals surface area (Å²) in [6.45, 7) is 1.73. The van der Waals surface area contributed by atoms with E-state index >= 15 is 0 Å². The topological polar surface area (TPSA) is 69.6 Å². The zero-order valence-electron chi connectivity index (χ0n) is 16.3. The Morgan fingerprint density at radius 2 is 1.83 bits per heavy atom. The van der Waals surface area contributed by atoms with Crippen LogP contribution >= 0.6 is 0 Å². The number of nitrogens with zero attached hydrogens (tertiary/aromatic N) is 1. The van der Waals surface area contributed by atoms with Crippen molar-refractivity contribution >= 4 is 11.8 Å². The lowest BCUT2D eigenvalue weighted by Crippen LogP contribution is -2.68. The van der Waals surface area contributed by atoms with Gasteiger partial charge in [0.15, 0.2) is 0 Å². The molecule has 2 aliphatic rings. The second kappa shape index (κ2) is 7.95. The van der Waals surface area contributed by atoms with E-state index in [-0.39, 0.29) is 48.2 Å². The summed E-state index contributed by atoms with van der Waals surface area (Å²) in [6.07, 6.45) is 1.86. The number of likely N-dealkylation sites (tertiary alicyclic amines) is 1. The number of hydrogen-bond donors (Lipinski definition) is 2. The van der Waals surface area contributed by atoms with Gasteiger partial charge in [-0.15, -0.1) is 0 Å². The molecule has 2 N–H and O–H groups in total. The van der Waals surface area contributed by atoms with Crippen LogP contribution in [0.15, 0.2) is 48.5 Å². The lowest BCUT2D eigenvalue weighted by molar-refractivity contribution is -0.148. The average molecular weight is 396 g/mol. The van der Waals surface area contributed by atoms with Crippen molar-refractivity contribution in [2.45, 2.75) is 37.8 Å². The number of nitrogens with one attached hydrogen (secondary N) is 1. The fourth-order valence-electron chi connectivity index (χ4n) is 4.35. The molecule has 0 spiro atoms. The van der Waals surface area contributed by atoms with Crippen LogP contribution in [0, 0.1) is 11.7 Å². The monoisotopic (exact) mass is 396 g/mol. The van der Waals surface area contributed by atoms with Gasteiger partial charge in [0.1, 0.15) is 5.82 Å². The Hall–Kier alpha value is -2.73. The molecule has 0 radical (unpaired) electrons. The van der Waals surface area contributed by atoms with Gasteiger partial charge in [-0.2, -0.15) is 0 Å². The third-order valence-electron chi connectivity index (χ3n) is 5.98. The van der Waals surface area contributed by atoms with E-state index in [1.807, 2.05) is 30.3 Å². The van der Waals surface area contributed by atoms with Crippen LogP contribution in [-0.2, 0) is 9.59 Å². The van der Waals surface area contributed by atoms with E-state index in [4.69, 9.17) is 0 Å². The highest BCUT2D eigenvalue weighted by atomic mass is 19.1. The van der Waals surface area contributed by atoms with Crippen molar-refractivity contribution in [3.8, 4) is 11.1 Å². The SMILES string of the molecule is CC(=O)N1[C@H](CO)[C@@H](c2ccc(-c3cccc(F)c3)cc2)[C@@H]1CNC(=O)C1CC1. The summed E-state index contributed by atoms with van der Waals surface area (Å²) in [5, 5.41) is 12.8. The first-order valence-corrected chi connectivity index (χ1v) is 10.0. The zero-order valence-corrected chi connectivity index (χ0v) is 16.3. The molecule has 5 nitrogen and oxygen atoms in total. The van der Waals surface area contributed by atoms with E-state index in [1.54, 1.807) is 11.0 Å². The lowest BCUT2D eigenvalue weighted by atomic mass is 9.74. The van der Waals surface area contributed by atoms with Gasteiger partial charge in [0.05, 0.1) is 18.7 Å². The Morgan fingerprint density at radius 3 is 2.41 bits per heavy atom. The number of aliphatic hydroxyl groups is 1. The van der Waals surface area contributed by atoms with Gasteiger partial charge in [-0.1, -0.05) is 36.4 Å². The van der Waals surface area contributed by atoms with Crippen LogP contribution in [0.4, 0.5) is 4.39 Å². The second-order valence-corrected chi connectivity index (χ2v) is 7.92. The molecule has 4 rings (SSSR count). The minimum Gasteiger partial charge on any atom is -0.394 e. The van der Waals surface area contributed by atoms with Crippen molar-refractivity contribution < 1.29 is 19.1 Å². The van der Waals surface area contributed by atoms with Gasteiger partial charge in [0, 0.05) is 25.3 Å². The molecule has 152 valence electrons. The molecular formula is C23H25FN2O3. The number of carbonyl (C=O) groups is 2. The standard InChI is InChI=1S/C23H25FN2O3/c1-14(28)26-20(12-25-23(29)17-9-10-17)22(21(26)13-27)16-7-5-15(6-8-16)18-3-2-4-19(24)11-18/h2-8,11,17,20-22,27H,9-10,12-13H2,1H3,(H,25,29)/t20-,21+,22-/m0/s1. The van der Waals surface area contributed by atoms with E-state index < -0.39 is 0 Å². The quantitative estimate of drug-likeness (QED) is 0.789. The van der Waals surface area contributed by atoms with Crippen molar-refractivity contribution in [3.05, 3.63) is 59.9 Å². The number of rotatable bonds is 6. The third kappa shape index (κ3) is 3.90. The Bertz CT molecular complexity index is 911. The molecule has 0 aromatic heterocycles. The summed E-state index contributed by atoms with van der Waals surface area (Å²) in [7, 11) is 0. The van der Waals surface area contributed by atoms with Crippen LogP contribution in [-0.4, -0.2) is 47.1 Å². The van der Waals surface area contributed by atoms with Gasteiger partial charge < -0.3 is 15.3 Å². The fraction of sp³-hybridized carbons (Fsp3) is 0.391. The minimum absolute atomic E-state index is 0.0427.